The van der Waals surface area contributed by atoms with Gasteiger partial charge in [-0.05, 0) is 30.7 Å². The SMILES string of the molecule is CN1CCN(c2ccc(NCC3CCOC3)cc2)C1=O. The first kappa shape index (κ1) is 13.2. The van der Waals surface area contributed by atoms with Gasteiger partial charge in [-0.15, -0.1) is 0 Å². The van der Waals surface area contributed by atoms with Gasteiger partial charge in [0.05, 0.1) is 6.61 Å². The number of rotatable bonds is 4. The van der Waals surface area contributed by atoms with Crippen molar-refractivity contribution in [2.24, 2.45) is 5.92 Å². The number of benzene rings is 1. The van der Waals surface area contributed by atoms with E-state index in [0.717, 1.165) is 50.6 Å². The van der Waals surface area contributed by atoms with Crippen LogP contribution >= 0.6 is 0 Å². The van der Waals surface area contributed by atoms with Gasteiger partial charge in [0.25, 0.3) is 0 Å². The summed E-state index contributed by atoms with van der Waals surface area (Å²) >= 11 is 0. The second-order valence-electron chi connectivity index (χ2n) is 5.51. The number of anilines is 2. The van der Waals surface area contributed by atoms with Gasteiger partial charge in [-0.2, -0.15) is 0 Å². The van der Waals surface area contributed by atoms with E-state index in [1.165, 1.54) is 0 Å². The summed E-state index contributed by atoms with van der Waals surface area (Å²) in [5, 5.41) is 3.43. The van der Waals surface area contributed by atoms with Gasteiger partial charge in [-0.1, -0.05) is 0 Å². The fraction of sp³-hybridized carbons (Fsp3) is 0.533. The first-order valence-electron chi connectivity index (χ1n) is 7.18. The molecule has 0 bridgehead atoms. The average Bonchev–Trinajstić information content (AvgIpc) is 3.09. The van der Waals surface area contributed by atoms with Crippen molar-refractivity contribution in [3.8, 4) is 0 Å². The predicted molar refractivity (Wildman–Crippen MR) is 79.2 cm³/mol. The monoisotopic (exact) mass is 275 g/mol. The van der Waals surface area contributed by atoms with E-state index in [-0.39, 0.29) is 6.03 Å². The Morgan fingerprint density at radius 1 is 1.30 bits per heavy atom. The molecule has 1 unspecified atom stereocenters. The van der Waals surface area contributed by atoms with Crippen LogP contribution in [-0.4, -0.2) is 50.8 Å². The van der Waals surface area contributed by atoms with Crippen LogP contribution in [0, 0.1) is 5.92 Å². The maximum Gasteiger partial charge on any atom is 0.324 e. The van der Waals surface area contributed by atoms with E-state index < -0.39 is 0 Å². The van der Waals surface area contributed by atoms with E-state index in [9.17, 15) is 4.79 Å². The van der Waals surface area contributed by atoms with Crippen molar-refractivity contribution < 1.29 is 9.53 Å². The standard InChI is InChI=1S/C15H21N3O2/c1-17-7-8-18(15(17)19)14-4-2-13(3-5-14)16-10-12-6-9-20-11-12/h2-5,12,16H,6-11H2,1H3. The van der Waals surface area contributed by atoms with Crippen LogP contribution in [0.25, 0.3) is 0 Å². The molecule has 0 spiro atoms. The van der Waals surface area contributed by atoms with Crippen LogP contribution in [0.1, 0.15) is 6.42 Å². The van der Waals surface area contributed by atoms with Gasteiger partial charge in [-0.25, -0.2) is 4.79 Å². The van der Waals surface area contributed by atoms with Crippen molar-refractivity contribution in [1.82, 2.24) is 4.90 Å². The van der Waals surface area contributed by atoms with Crippen molar-refractivity contribution in [2.75, 3.05) is 50.1 Å². The lowest BCUT2D eigenvalue weighted by Gasteiger charge is -2.17. The van der Waals surface area contributed by atoms with E-state index in [2.05, 4.69) is 5.32 Å². The Morgan fingerprint density at radius 3 is 2.70 bits per heavy atom. The highest BCUT2D eigenvalue weighted by molar-refractivity contribution is 5.94. The summed E-state index contributed by atoms with van der Waals surface area (Å²) in [6.07, 6.45) is 1.14. The molecule has 2 amide bonds. The Hall–Kier alpha value is -1.75. The van der Waals surface area contributed by atoms with Gasteiger partial charge in [-0.3, -0.25) is 4.90 Å². The van der Waals surface area contributed by atoms with Gasteiger partial charge in [0.1, 0.15) is 0 Å². The third kappa shape index (κ3) is 2.72. The van der Waals surface area contributed by atoms with Gasteiger partial charge in [0.2, 0.25) is 0 Å². The first-order chi connectivity index (χ1) is 9.74. The lowest BCUT2D eigenvalue weighted by atomic mass is 10.1. The van der Waals surface area contributed by atoms with Crippen molar-refractivity contribution >= 4 is 17.4 Å². The van der Waals surface area contributed by atoms with E-state index in [0.29, 0.717) is 5.92 Å². The third-order valence-corrected chi connectivity index (χ3v) is 4.01. The number of urea groups is 1. The molecule has 0 saturated carbocycles. The molecule has 2 heterocycles. The second kappa shape index (κ2) is 5.71. The second-order valence-corrected chi connectivity index (χ2v) is 5.51. The third-order valence-electron chi connectivity index (χ3n) is 4.01. The molecule has 0 aliphatic carbocycles. The van der Waals surface area contributed by atoms with Crippen LogP contribution in [0.3, 0.4) is 0 Å². The van der Waals surface area contributed by atoms with Crippen LogP contribution in [0.2, 0.25) is 0 Å². The zero-order valence-electron chi connectivity index (χ0n) is 11.8. The number of hydrogen-bond acceptors (Lipinski definition) is 3. The number of nitrogens with one attached hydrogen (secondary N) is 1. The normalized spacial score (nSPS) is 22.6. The molecule has 3 rings (SSSR count). The molecule has 108 valence electrons. The molecule has 5 heteroatoms. The summed E-state index contributed by atoms with van der Waals surface area (Å²) in [4.78, 5) is 15.5. The summed E-state index contributed by atoms with van der Waals surface area (Å²) in [6.45, 7) is 4.25. The van der Waals surface area contributed by atoms with Gasteiger partial charge in [0.15, 0.2) is 0 Å². The first-order valence-corrected chi connectivity index (χ1v) is 7.18. The molecule has 0 radical (unpaired) electrons. The molecular weight excluding hydrogens is 254 g/mol. The largest absolute Gasteiger partial charge is 0.385 e. The van der Waals surface area contributed by atoms with E-state index in [1.807, 2.05) is 36.2 Å². The molecular formula is C15H21N3O2. The molecule has 1 N–H and O–H groups in total. The smallest absolute Gasteiger partial charge is 0.324 e. The van der Waals surface area contributed by atoms with Crippen molar-refractivity contribution in [2.45, 2.75) is 6.42 Å². The van der Waals surface area contributed by atoms with Crippen LogP contribution in [0.15, 0.2) is 24.3 Å². The molecule has 0 aromatic heterocycles. The quantitative estimate of drug-likeness (QED) is 0.914. The Morgan fingerprint density at radius 2 is 2.10 bits per heavy atom. The summed E-state index contributed by atoms with van der Waals surface area (Å²) < 4.78 is 5.37. The highest BCUT2D eigenvalue weighted by Gasteiger charge is 2.26. The van der Waals surface area contributed by atoms with Gasteiger partial charge < -0.3 is 15.0 Å². The summed E-state index contributed by atoms with van der Waals surface area (Å²) in [7, 11) is 1.84. The minimum absolute atomic E-state index is 0.0776. The minimum atomic E-state index is 0.0776. The molecule has 2 aliphatic rings. The highest BCUT2D eigenvalue weighted by Crippen LogP contribution is 2.22. The fourth-order valence-electron chi connectivity index (χ4n) is 2.65. The molecule has 2 fully saturated rings. The molecule has 2 saturated heterocycles. The Kier molecular flexibility index (Phi) is 3.78. The zero-order valence-corrected chi connectivity index (χ0v) is 11.8. The lowest BCUT2D eigenvalue weighted by molar-refractivity contribution is 0.187. The van der Waals surface area contributed by atoms with Gasteiger partial charge >= 0.3 is 6.03 Å². The van der Waals surface area contributed by atoms with Crippen LogP contribution in [0.4, 0.5) is 16.2 Å². The summed E-state index contributed by atoms with van der Waals surface area (Å²) in [5.41, 5.74) is 2.06. The molecule has 1 atom stereocenters. The van der Waals surface area contributed by atoms with Crippen LogP contribution in [-0.2, 0) is 4.74 Å². The van der Waals surface area contributed by atoms with Crippen LogP contribution in [0.5, 0.6) is 0 Å². The summed E-state index contributed by atoms with van der Waals surface area (Å²) in [6, 6.07) is 8.16. The maximum atomic E-state index is 11.9. The fourth-order valence-corrected chi connectivity index (χ4v) is 2.65. The number of ether oxygens (including phenoxy) is 1. The minimum Gasteiger partial charge on any atom is -0.385 e. The van der Waals surface area contributed by atoms with Gasteiger partial charge in [0, 0.05) is 50.6 Å². The average molecular weight is 275 g/mol. The van der Waals surface area contributed by atoms with Crippen molar-refractivity contribution in [1.29, 1.82) is 0 Å². The Bertz CT molecular complexity index is 469. The number of carbonyl (C=O) groups excluding carboxylic acids is 1. The number of hydrogen-bond donors (Lipinski definition) is 1. The lowest BCUT2D eigenvalue weighted by Crippen LogP contribution is -2.29. The number of nitrogens with zero attached hydrogens (tertiary/aromatic N) is 2. The molecule has 5 nitrogen and oxygen atoms in total. The van der Waals surface area contributed by atoms with E-state index in [1.54, 1.807) is 4.90 Å². The molecule has 1 aromatic carbocycles. The Balaban J connectivity index is 1.58. The van der Waals surface area contributed by atoms with Crippen LogP contribution < -0.4 is 10.2 Å². The molecule has 20 heavy (non-hydrogen) atoms. The maximum absolute atomic E-state index is 11.9. The number of carbonyl (C=O) groups is 1. The Labute approximate surface area is 119 Å². The van der Waals surface area contributed by atoms with E-state index in [4.69, 9.17) is 4.74 Å². The molecule has 2 aliphatic heterocycles. The number of amides is 2. The predicted octanol–water partition coefficient (Wildman–Crippen LogP) is 2.01. The molecule has 1 aromatic rings. The summed E-state index contributed by atoms with van der Waals surface area (Å²) in [5.74, 6) is 0.614. The topological polar surface area (TPSA) is 44.8 Å². The van der Waals surface area contributed by atoms with Crippen molar-refractivity contribution in [3.63, 3.8) is 0 Å². The zero-order chi connectivity index (χ0) is 13.9. The van der Waals surface area contributed by atoms with E-state index >= 15 is 0 Å². The highest BCUT2D eigenvalue weighted by atomic mass is 16.5. The van der Waals surface area contributed by atoms with Crippen molar-refractivity contribution in [3.05, 3.63) is 24.3 Å². The number of likely N-dealkylation sites (N-methyl/N-ethyl adjacent to an activating group) is 1.